The molecule has 0 radical (unpaired) electrons. The van der Waals surface area contributed by atoms with Crippen molar-refractivity contribution in [1.82, 2.24) is 5.32 Å². The van der Waals surface area contributed by atoms with Crippen LogP contribution in [0.4, 0.5) is 0 Å². The summed E-state index contributed by atoms with van der Waals surface area (Å²) in [5.41, 5.74) is 0.517. The van der Waals surface area contributed by atoms with Crippen LogP contribution in [0, 0.1) is 5.92 Å². The molecular weight excluding hydrogens is 406 g/mol. The molecule has 1 amide bonds. The molecule has 0 atom stereocenters. The number of carboxylic acid groups (broad SMARTS) is 1. The van der Waals surface area contributed by atoms with Crippen LogP contribution in [0.2, 0.25) is 0 Å². The van der Waals surface area contributed by atoms with E-state index in [0.717, 1.165) is 19.3 Å². The molecule has 1 saturated carbocycles. The molecule has 0 spiro atoms. The first kappa shape index (κ1) is 23.4. The normalized spacial score (nSPS) is 14.4. The Kier molecular flexibility index (Phi) is 8.31. The van der Waals surface area contributed by atoms with Gasteiger partial charge in [0, 0.05) is 6.42 Å². The van der Waals surface area contributed by atoms with Gasteiger partial charge in [-0.05, 0) is 62.1 Å². The van der Waals surface area contributed by atoms with Crippen molar-refractivity contribution in [2.75, 3.05) is 0 Å². The summed E-state index contributed by atoms with van der Waals surface area (Å²) in [6, 6.07) is 14.4. The van der Waals surface area contributed by atoms with Gasteiger partial charge in [-0.15, -0.1) is 0 Å². The predicted molar refractivity (Wildman–Crippen MR) is 124 cm³/mol. The van der Waals surface area contributed by atoms with E-state index >= 15 is 0 Å². The van der Waals surface area contributed by atoms with Crippen LogP contribution in [0.3, 0.4) is 0 Å². The van der Waals surface area contributed by atoms with Crippen molar-refractivity contribution in [2.45, 2.75) is 58.5 Å². The van der Waals surface area contributed by atoms with Gasteiger partial charge in [0.25, 0.3) is 0 Å². The Bertz CT molecular complexity index is 943. The van der Waals surface area contributed by atoms with Crippen LogP contribution < -0.4 is 14.8 Å². The first-order chi connectivity index (χ1) is 15.4. The van der Waals surface area contributed by atoms with Crippen molar-refractivity contribution in [2.24, 2.45) is 5.92 Å². The number of hydrogen-bond donors (Lipinski definition) is 2. The van der Waals surface area contributed by atoms with E-state index in [1.165, 1.54) is 18.9 Å². The van der Waals surface area contributed by atoms with Gasteiger partial charge in [0.15, 0.2) is 11.5 Å². The van der Waals surface area contributed by atoms with Gasteiger partial charge in [0.05, 0.1) is 6.10 Å². The van der Waals surface area contributed by atoms with Gasteiger partial charge in [-0.3, -0.25) is 4.79 Å². The molecule has 0 unspecified atom stereocenters. The SMILES string of the molecule is CC(C)Oc1ccccc1Oc1ccc(/C=C(/NC(=O)CCC2CCCC2)C(=O)O)cc1. The largest absolute Gasteiger partial charge is 0.487 e. The van der Waals surface area contributed by atoms with Crippen molar-refractivity contribution >= 4 is 18.0 Å². The lowest BCUT2D eigenvalue weighted by Gasteiger charge is -2.14. The number of amides is 1. The molecule has 0 aromatic heterocycles. The van der Waals surface area contributed by atoms with Crippen LogP contribution >= 0.6 is 0 Å². The van der Waals surface area contributed by atoms with Crippen molar-refractivity contribution in [3.05, 3.63) is 59.8 Å². The van der Waals surface area contributed by atoms with Crippen LogP contribution in [0.5, 0.6) is 17.2 Å². The second-order valence-corrected chi connectivity index (χ2v) is 8.38. The highest BCUT2D eigenvalue weighted by molar-refractivity contribution is 5.96. The third-order valence-electron chi connectivity index (χ3n) is 5.39. The number of aliphatic carboxylic acids is 1. The third-order valence-corrected chi connectivity index (χ3v) is 5.39. The Morgan fingerprint density at radius 2 is 1.72 bits per heavy atom. The summed E-state index contributed by atoms with van der Waals surface area (Å²) in [5, 5.41) is 12.0. The number of benzene rings is 2. The lowest BCUT2D eigenvalue weighted by molar-refractivity contribution is -0.134. The topological polar surface area (TPSA) is 84.9 Å². The molecule has 170 valence electrons. The maximum Gasteiger partial charge on any atom is 0.352 e. The fourth-order valence-electron chi connectivity index (χ4n) is 3.81. The Morgan fingerprint density at radius 1 is 1.06 bits per heavy atom. The predicted octanol–water partition coefficient (Wildman–Crippen LogP) is 5.78. The minimum Gasteiger partial charge on any atom is -0.487 e. The summed E-state index contributed by atoms with van der Waals surface area (Å²) in [6.07, 6.45) is 7.41. The molecule has 0 aliphatic heterocycles. The molecule has 1 fully saturated rings. The zero-order chi connectivity index (χ0) is 22.9. The van der Waals surface area contributed by atoms with Crippen molar-refractivity contribution in [1.29, 1.82) is 0 Å². The fourth-order valence-corrected chi connectivity index (χ4v) is 3.81. The zero-order valence-electron chi connectivity index (χ0n) is 18.7. The van der Waals surface area contributed by atoms with Crippen LogP contribution in [-0.2, 0) is 9.59 Å². The molecule has 6 heteroatoms. The van der Waals surface area contributed by atoms with E-state index in [9.17, 15) is 14.7 Å². The van der Waals surface area contributed by atoms with E-state index in [1.807, 2.05) is 38.1 Å². The maximum atomic E-state index is 12.2. The summed E-state index contributed by atoms with van der Waals surface area (Å²) in [6.45, 7) is 3.90. The summed E-state index contributed by atoms with van der Waals surface area (Å²) in [5.74, 6) is 1.01. The smallest absolute Gasteiger partial charge is 0.352 e. The van der Waals surface area contributed by atoms with Crippen molar-refractivity contribution in [3.63, 3.8) is 0 Å². The Labute approximate surface area is 189 Å². The standard InChI is InChI=1S/C26H31NO5/c1-18(2)31-23-9-5-6-10-24(23)32-21-14-11-20(12-15-21)17-22(26(29)30)27-25(28)16-13-19-7-3-4-8-19/h5-6,9-12,14-15,17-19H,3-4,7-8,13,16H2,1-2H3,(H,27,28)(H,29,30)/b22-17+. The highest BCUT2D eigenvalue weighted by Gasteiger charge is 2.18. The molecule has 6 nitrogen and oxygen atoms in total. The second kappa shape index (κ2) is 11.4. The molecule has 3 rings (SSSR count). The van der Waals surface area contributed by atoms with Crippen molar-refractivity contribution in [3.8, 4) is 17.2 Å². The number of hydrogen-bond acceptors (Lipinski definition) is 4. The van der Waals surface area contributed by atoms with Gasteiger partial charge >= 0.3 is 5.97 Å². The Hall–Kier alpha value is -3.28. The molecule has 2 aromatic rings. The third kappa shape index (κ3) is 7.15. The van der Waals surface area contributed by atoms with Gasteiger partial charge in [0.1, 0.15) is 11.4 Å². The molecule has 1 aliphatic carbocycles. The average molecular weight is 438 g/mol. The highest BCUT2D eigenvalue weighted by atomic mass is 16.5. The van der Waals surface area contributed by atoms with Gasteiger partial charge < -0.3 is 19.9 Å². The monoisotopic (exact) mass is 437 g/mol. The first-order valence-electron chi connectivity index (χ1n) is 11.2. The summed E-state index contributed by atoms with van der Waals surface area (Å²) < 4.78 is 11.7. The van der Waals surface area contributed by atoms with Gasteiger partial charge in [-0.25, -0.2) is 4.79 Å². The highest BCUT2D eigenvalue weighted by Crippen LogP contribution is 2.32. The van der Waals surface area contributed by atoms with Gasteiger partial charge in [0.2, 0.25) is 5.91 Å². The number of nitrogens with one attached hydrogen (secondary N) is 1. The first-order valence-corrected chi connectivity index (χ1v) is 11.2. The quantitative estimate of drug-likeness (QED) is 0.460. The maximum absolute atomic E-state index is 12.2. The molecule has 2 aromatic carbocycles. The number of para-hydroxylation sites is 2. The van der Waals surface area contributed by atoms with Gasteiger partial charge in [-0.1, -0.05) is 49.9 Å². The molecule has 2 N–H and O–H groups in total. The van der Waals surface area contributed by atoms with E-state index in [4.69, 9.17) is 9.47 Å². The fraction of sp³-hybridized carbons (Fsp3) is 0.385. The van der Waals surface area contributed by atoms with E-state index < -0.39 is 5.97 Å². The number of rotatable bonds is 10. The van der Waals surface area contributed by atoms with E-state index in [1.54, 1.807) is 24.3 Å². The molecule has 0 saturated heterocycles. The number of carboxylic acids is 1. The molecule has 1 aliphatic rings. The second-order valence-electron chi connectivity index (χ2n) is 8.38. The van der Waals surface area contributed by atoms with E-state index in [-0.39, 0.29) is 17.7 Å². The summed E-state index contributed by atoms with van der Waals surface area (Å²) in [7, 11) is 0. The van der Waals surface area contributed by atoms with E-state index in [2.05, 4.69) is 5.32 Å². The van der Waals surface area contributed by atoms with Crippen molar-refractivity contribution < 1.29 is 24.2 Å². The van der Waals surface area contributed by atoms with Crippen LogP contribution in [0.15, 0.2) is 54.2 Å². The zero-order valence-corrected chi connectivity index (χ0v) is 18.7. The van der Waals surface area contributed by atoms with Crippen LogP contribution in [-0.4, -0.2) is 23.1 Å². The van der Waals surface area contributed by atoms with E-state index in [0.29, 0.717) is 35.2 Å². The number of carbonyl (C=O) groups is 2. The lowest BCUT2D eigenvalue weighted by atomic mass is 10.0. The lowest BCUT2D eigenvalue weighted by Crippen LogP contribution is -2.27. The minimum absolute atomic E-state index is 0.0232. The number of carbonyl (C=O) groups excluding carboxylic acids is 1. The minimum atomic E-state index is -1.17. The molecule has 0 heterocycles. The summed E-state index contributed by atoms with van der Waals surface area (Å²) in [4.78, 5) is 23.8. The average Bonchev–Trinajstić information content (AvgIpc) is 3.28. The van der Waals surface area contributed by atoms with Crippen LogP contribution in [0.1, 0.15) is 57.9 Å². The van der Waals surface area contributed by atoms with Gasteiger partial charge in [-0.2, -0.15) is 0 Å². The Balaban J connectivity index is 1.63. The summed E-state index contributed by atoms with van der Waals surface area (Å²) >= 11 is 0. The Morgan fingerprint density at radius 3 is 2.34 bits per heavy atom. The number of ether oxygens (including phenoxy) is 2. The molecular formula is C26H31NO5. The molecule has 32 heavy (non-hydrogen) atoms. The molecule has 0 bridgehead atoms. The van der Waals surface area contributed by atoms with Crippen LogP contribution in [0.25, 0.3) is 6.08 Å².